The molecule has 2 N–H and O–H groups in total. The van der Waals surface area contributed by atoms with Gasteiger partial charge >= 0.3 is 0 Å². The minimum atomic E-state index is 0.600. The number of nitrogens with two attached hydrogens (primary N) is 1. The molecule has 100 valence electrons. The molecular formula is C16H21N3. The Morgan fingerprint density at radius 3 is 2.95 bits per heavy atom. The zero-order valence-electron chi connectivity index (χ0n) is 11.7. The van der Waals surface area contributed by atoms with Crippen LogP contribution in [0.3, 0.4) is 0 Å². The summed E-state index contributed by atoms with van der Waals surface area (Å²) in [5.41, 5.74) is 12.3. The minimum absolute atomic E-state index is 0.600. The maximum absolute atomic E-state index is 6.03. The molecule has 0 bridgehead atoms. The summed E-state index contributed by atoms with van der Waals surface area (Å²) >= 11 is 0. The van der Waals surface area contributed by atoms with Gasteiger partial charge in [-0.2, -0.15) is 0 Å². The Morgan fingerprint density at radius 1 is 1.37 bits per heavy atom. The SMILES string of the molecule is CCN1CCc2nc3ccc(C)cc3c(CN)c2C1. The van der Waals surface area contributed by atoms with Gasteiger partial charge in [0.05, 0.1) is 5.52 Å². The number of aryl methyl sites for hydroxylation is 1. The Kier molecular flexibility index (Phi) is 3.25. The summed E-state index contributed by atoms with van der Waals surface area (Å²) in [4.78, 5) is 7.32. The summed E-state index contributed by atoms with van der Waals surface area (Å²) in [6, 6.07) is 6.47. The summed E-state index contributed by atoms with van der Waals surface area (Å²) in [7, 11) is 0. The molecule has 1 aromatic carbocycles. The third kappa shape index (κ3) is 2.13. The molecule has 0 saturated carbocycles. The molecule has 0 fully saturated rings. The molecule has 0 aliphatic carbocycles. The summed E-state index contributed by atoms with van der Waals surface area (Å²) in [6.45, 7) is 8.13. The average Bonchev–Trinajstić information content (AvgIpc) is 2.44. The molecule has 3 rings (SSSR count). The molecule has 0 amide bonds. The largest absolute Gasteiger partial charge is 0.326 e. The predicted octanol–water partition coefficient (Wildman–Crippen LogP) is 2.38. The lowest BCUT2D eigenvalue weighted by Gasteiger charge is -2.29. The van der Waals surface area contributed by atoms with E-state index < -0.39 is 0 Å². The van der Waals surface area contributed by atoms with Crippen LogP contribution in [0, 0.1) is 6.92 Å². The van der Waals surface area contributed by atoms with Crippen LogP contribution in [0.15, 0.2) is 18.2 Å². The Hall–Kier alpha value is -1.45. The Labute approximate surface area is 114 Å². The fourth-order valence-corrected chi connectivity index (χ4v) is 3.00. The molecule has 0 unspecified atom stereocenters. The first-order chi connectivity index (χ1) is 9.22. The summed E-state index contributed by atoms with van der Waals surface area (Å²) in [6.07, 6.45) is 1.04. The van der Waals surface area contributed by atoms with E-state index in [4.69, 9.17) is 10.7 Å². The summed E-state index contributed by atoms with van der Waals surface area (Å²) in [5.74, 6) is 0. The van der Waals surface area contributed by atoms with Gasteiger partial charge in [0, 0.05) is 37.1 Å². The normalized spacial score (nSPS) is 15.7. The topological polar surface area (TPSA) is 42.2 Å². The molecule has 0 radical (unpaired) electrons. The van der Waals surface area contributed by atoms with Crippen molar-refractivity contribution in [1.29, 1.82) is 0 Å². The van der Waals surface area contributed by atoms with Crippen molar-refractivity contribution in [3.05, 3.63) is 40.6 Å². The zero-order valence-corrected chi connectivity index (χ0v) is 11.7. The number of hydrogen-bond donors (Lipinski definition) is 1. The number of hydrogen-bond acceptors (Lipinski definition) is 3. The number of nitrogens with zero attached hydrogens (tertiary/aromatic N) is 2. The van der Waals surface area contributed by atoms with E-state index in [2.05, 4.69) is 36.9 Å². The van der Waals surface area contributed by atoms with E-state index in [1.807, 2.05) is 0 Å². The molecule has 3 nitrogen and oxygen atoms in total. The van der Waals surface area contributed by atoms with Gasteiger partial charge in [-0.05, 0) is 36.7 Å². The van der Waals surface area contributed by atoms with Crippen molar-refractivity contribution in [3.63, 3.8) is 0 Å². The molecule has 19 heavy (non-hydrogen) atoms. The van der Waals surface area contributed by atoms with Crippen LogP contribution in [0.25, 0.3) is 10.9 Å². The van der Waals surface area contributed by atoms with Crippen molar-refractivity contribution < 1.29 is 0 Å². The lowest BCUT2D eigenvalue weighted by atomic mass is 9.95. The molecule has 1 aromatic heterocycles. The second-order valence-electron chi connectivity index (χ2n) is 5.36. The third-order valence-electron chi connectivity index (χ3n) is 4.14. The van der Waals surface area contributed by atoms with Crippen LogP contribution in [-0.4, -0.2) is 23.0 Å². The molecule has 0 atom stereocenters. The van der Waals surface area contributed by atoms with Crippen LogP contribution in [-0.2, 0) is 19.5 Å². The van der Waals surface area contributed by atoms with Crippen molar-refractivity contribution in [3.8, 4) is 0 Å². The van der Waals surface area contributed by atoms with Crippen molar-refractivity contribution in [2.45, 2.75) is 33.4 Å². The van der Waals surface area contributed by atoms with Crippen LogP contribution in [0.4, 0.5) is 0 Å². The highest BCUT2D eigenvalue weighted by molar-refractivity contribution is 5.84. The quantitative estimate of drug-likeness (QED) is 0.896. The molecular weight excluding hydrogens is 234 g/mol. The van der Waals surface area contributed by atoms with Gasteiger partial charge in [-0.1, -0.05) is 18.6 Å². The van der Waals surface area contributed by atoms with Gasteiger partial charge < -0.3 is 5.73 Å². The van der Waals surface area contributed by atoms with Gasteiger partial charge in [-0.15, -0.1) is 0 Å². The van der Waals surface area contributed by atoms with Crippen molar-refractivity contribution in [1.82, 2.24) is 9.88 Å². The minimum Gasteiger partial charge on any atom is -0.326 e. The van der Waals surface area contributed by atoms with Crippen molar-refractivity contribution in [2.75, 3.05) is 13.1 Å². The highest BCUT2D eigenvalue weighted by atomic mass is 15.1. The molecule has 1 aliphatic rings. The first kappa shape index (κ1) is 12.6. The molecule has 0 saturated heterocycles. The van der Waals surface area contributed by atoms with Gasteiger partial charge in [0.2, 0.25) is 0 Å². The number of rotatable bonds is 2. The van der Waals surface area contributed by atoms with E-state index >= 15 is 0 Å². The molecule has 3 heteroatoms. The maximum atomic E-state index is 6.03. The van der Waals surface area contributed by atoms with Crippen LogP contribution in [0.1, 0.15) is 29.3 Å². The monoisotopic (exact) mass is 255 g/mol. The molecule has 0 spiro atoms. The molecule has 1 aliphatic heterocycles. The second kappa shape index (κ2) is 4.91. The fraction of sp³-hybridized carbons (Fsp3) is 0.438. The highest BCUT2D eigenvalue weighted by Crippen LogP contribution is 2.28. The number of aromatic nitrogens is 1. The summed E-state index contributed by atoms with van der Waals surface area (Å²) in [5, 5.41) is 1.24. The van der Waals surface area contributed by atoms with Crippen molar-refractivity contribution in [2.24, 2.45) is 5.73 Å². The van der Waals surface area contributed by atoms with Crippen LogP contribution < -0.4 is 5.73 Å². The number of likely N-dealkylation sites (N-methyl/N-ethyl adjacent to an activating group) is 1. The Bertz CT molecular complexity index is 619. The van der Waals surface area contributed by atoms with E-state index in [9.17, 15) is 0 Å². The van der Waals surface area contributed by atoms with Crippen LogP contribution in [0.2, 0.25) is 0 Å². The Morgan fingerprint density at radius 2 is 2.21 bits per heavy atom. The second-order valence-corrected chi connectivity index (χ2v) is 5.36. The van der Waals surface area contributed by atoms with Gasteiger partial charge in [-0.25, -0.2) is 0 Å². The lowest BCUT2D eigenvalue weighted by molar-refractivity contribution is 0.265. The first-order valence-electron chi connectivity index (χ1n) is 7.06. The molecule has 2 aromatic rings. The smallest absolute Gasteiger partial charge is 0.0708 e. The van der Waals surface area contributed by atoms with Crippen molar-refractivity contribution >= 4 is 10.9 Å². The number of benzene rings is 1. The van der Waals surface area contributed by atoms with Gasteiger partial charge in [0.1, 0.15) is 0 Å². The highest BCUT2D eigenvalue weighted by Gasteiger charge is 2.20. The Balaban J connectivity index is 2.23. The zero-order chi connectivity index (χ0) is 13.4. The summed E-state index contributed by atoms with van der Waals surface area (Å²) < 4.78 is 0. The molecule has 2 heterocycles. The van der Waals surface area contributed by atoms with Gasteiger partial charge in [0.25, 0.3) is 0 Å². The predicted molar refractivity (Wildman–Crippen MR) is 79.0 cm³/mol. The van der Waals surface area contributed by atoms with E-state index in [-0.39, 0.29) is 0 Å². The van der Waals surface area contributed by atoms with Gasteiger partial charge in [0.15, 0.2) is 0 Å². The van der Waals surface area contributed by atoms with Gasteiger partial charge in [-0.3, -0.25) is 9.88 Å². The third-order valence-corrected chi connectivity index (χ3v) is 4.14. The van der Waals surface area contributed by atoms with E-state index in [0.717, 1.165) is 31.6 Å². The van der Waals surface area contributed by atoms with E-state index in [1.54, 1.807) is 0 Å². The average molecular weight is 255 g/mol. The number of pyridine rings is 1. The maximum Gasteiger partial charge on any atom is 0.0708 e. The standard InChI is InChI=1S/C16H21N3/c1-3-19-7-6-16-14(10-19)13(9-17)12-8-11(2)4-5-15(12)18-16/h4-5,8H,3,6-7,9-10,17H2,1-2H3. The van der Waals surface area contributed by atoms with E-state index in [1.165, 1.54) is 27.8 Å². The first-order valence-corrected chi connectivity index (χ1v) is 7.06. The van der Waals surface area contributed by atoms with Crippen LogP contribution in [0.5, 0.6) is 0 Å². The lowest BCUT2D eigenvalue weighted by Crippen LogP contribution is -2.32. The number of fused-ring (bicyclic) bond motifs is 2. The van der Waals surface area contributed by atoms with Crippen LogP contribution >= 0.6 is 0 Å². The van der Waals surface area contributed by atoms with E-state index in [0.29, 0.717) is 6.54 Å². The fourth-order valence-electron chi connectivity index (χ4n) is 3.00.